The van der Waals surface area contributed by atoms with Gasteiger partial charge in [0.2, 0.25) is 0 Å². The Kier molecular flexibility index (Phi) is 4.16. The molecular formula is C14H18FN3. The number of benzene rings is 1. The molecule has 0 aliphatic carbocycles. The zero-order chi connectivity index (χ0) is 13.0. The molecule has 1 heterocycles. The molecule has 1 N–H and O–H groups in total. The summed E-state index contributed by atoms with van der Waals surface area (Å²) >= 11 is 0. The van der Waals surface area contributed by atoms with Gasteiger partial charge in [0.05, 0.1) is 11.6 Å². The van der Waals surface area contributed by atoms with Crippen molar-refractivity contribution in [2.24, 2.45) is 5.92 Å². The number of nitrogens with one attached hydrogen (secondary N) is 1. The molecule has 1 aromatic carbocycles. The molecule has 1 aliphatic rings. The van der Waals surface area contributed by atoms with E-state index in [1.54, 1.807) is 6.07 Å². The standard InChI is InChI=1S/C14H18FN3/c1-17-9-11-3-2-4-18(10-11)14-6-12(8-16)5-13(15)7-14/h5-7,11,17H,2-4,9-10H2,1H3. The highest BCUT2D eigenvalue weighted by Crippen LogP contribution is 2.24. The van der Waals surface area contributed by atoms with Gasteiger partial charge in [-0.05, 0) is 50.6 Å². The summed E-state index contributed by atoms with van der Waals surface area (Å²) in [4.78, 5) is 2.18. The number of halogens is 1. The van der Waals surface area contributed by atoms with E-state index in [2.05, 4.69) is 10.2 Å². The van der Waals surface area contributed by atoms with E-state index >= 15 is 0 Å². The minimum atomic E-state index is -0.334. The predicted octanol–water partition coefficient (Wildman–Crippen LogP) is 2.13. The van der Waals surface area contributed by atoms with Crippen molar-refractivity contribution in [3.05, 3.63) is 29.6 Å². The average Bonchev–Trinajstić information content (AvgIpc) is 2.39. The minimum Gasteiger partial charge on any atom is -0.371 e. The predicted molar refractivity (Wildman–Crippen MR) is 70.0 cm³/mol. The first-order valence-electron chi connectivity index (χ1n) is 6.33. The van der Waals surface area contributed by atoms with Gasteiger partial charge in [-0.1, -0.05) is 0 Å². The van der Waals surface area contributed by atoms with Gasteiger partial charge in [0, 0.05) is 18.8 Å². The Morgan fingerprint density at radius 1 is 1.50 bits per heavy atom. The van der Waals surface area contributed by atoms with Crippen LogP contribution in [0.2, 0.25) is 0 Å². The van der Waals surface area contributed by atoms with Gasteiger partial charge in [0.1, 0.15) is 5.82 Å². The molecule has 1 unspecified atom stereocenters. The third-order valence-corrected chi connectivity index (χ3v) is 3.39. The van der Waals surface area contributed by atoms with Crippen molar-refractivity contribution in [3.63, 3.8) is 0 Å². The van der Waals surface area contributed by atoms with Crippen LogP contribution in [-0.4, -0.2) is 26.7 Å². The fourth-order valence-electron chi connectivity index (χ4n) is 2.58. The van der Waals surface area contributed by atoms with E-state index < -0.39 is 0 Å². The summed E-state index contributed by atoms with van der Waals surface area (Å²) < 4.78 is 13.4. The molecule has 0 bridgehead atoms. The molecule has 1 aromatic rings. The Hall–Kier alpha value is -1.60. The molecule has 0 amide bonds. The van der Waals surface area contributed by atoms with Gasteiger partial charge in [-0.3, -0.25) is 0 Å². The lowest BCUT2D eigenvalue weighted by atomic mass is 9.97. The van der Waals surface area contributed by atoms with Gasteiger partial charge in [-0.15, -0.1) is 0 Å². The number of piperidine rings is 1. The monoisotopic (exact) mass is 247 g/mol. The van der Waals surface area contributed by atoms with E-state index in [1.807, 2.05) is 13.1 Å². The summed E-state index contributed by atoms with van der Waals surface area (Å²) in [6.45, 7) is 2.85. The van der Waals surface area contributed by atoms with E-state index in [-0.39, 0.29) is 5.82 Å². The Morgan fingerprint density at radius 2 is 2.33 bits per heavy atom. The fraction of sp³-hybridized carbons (Fsp3) is 0.500. The zero-order valence-corrected chi connectivity index (χ0v) is 10.6. The highest BCUT2D eigenvalue weighted by molar-refractivity contribution is 5.52. The van der Waals surface area contributed by atoms with Crippen LogP contribution in [0, 0.1) is 23.1 Å². The van der Waals surface area contributed by atoms with Crippen molar-refractivity contribution in [2.45, 2.75) is 12.8 Å². The number of rotatable bonds is 3. The molecule has 1 aliphatic heterocycles. The lowest BCUT2D eigenvalue weighted by molar-refractivity contribution is 0.402. The van der Waals surface area contributed by atoms with Crippen LogP contribution in [0.15, 0.2) is 18.2 Å². The van der Waals surface area contributed by atoms with Crippen LogP contribution in [-0.2, 0) is 0 Å². The Morgan fingerprint density at radius 3 is 3.06 bits per heavy atom. The average molecular weight is 247 g/mol. The molecule has 3 nitrogen and oxygen atoms in total. The molecule has 18 heavy (non-hydrogen) atoms. The molecule has 0 spiro atoms. The first kappa shape index (κ1) is 12.8. The van der Waals surface area contributed by atoms with Crippen LogP contribution < -0.4 is 10.2 Å². The summed E-state index contributed by atoms with van der Waals surface area (Å²) in [5.41, 5.74) is 1.22. The highest BCUT2D eigenvalue weighted by atomic mass is 19.1. The maximum Gasteiger partial charge on any atom is 0.126 e. The summed E-state index contributed by atoms with van der Waals surface area (Å²) in [5.74, 6) is 0.261. The normalized spacial score (nSPS) is 19.6. The second kappa shape index (κ2) is 5.83. The molecule has 0 saturated carbocycles. The molecule has 4 heteroatoms. The maximum atomic E-state index is 13.4. The summed E-state index contributed by atoms with van der Waals surface area (Å²) in [6.07, 6.45) is 2.32. The van der Waals surface area contributed by atoms with Crippen molar-refractivity contribution in [1.82, 2.24) is 5.32 Å². The molecule has 1 fully saturated rings. The van der Waals surface area contributed by atoms with Gasteiger partial charge in [-0.25, -0.2) is 4.39 Å². The van der Waals surface area contributed by atoms with Crippen molar-refractivity contribution in [3.8, 4) is 6.07 Å². The van der Waals surface area contributed by atoms with E-state index in [0.717, 1.165) is 31.7 Å². The van der Waals surface area contributed by atoms with E-state index in [4.69, 9.17) is 5.26 Å². The lowest BCUT2D eigenvalue weighted by Crippen LogP contribution is -2.39. The molecule has 1 atom stereocenters. The summed E-state index contributed by atoms with van der Waals surface area (Å²) in [6, 6.07) is 6.57. The van der Waals surface area contributed by atoms with Crippen LogP contribution in [0.4, 0.5) is 10.1 Å². The Bertz CT molecular complexity index is 451. The Labute approximate surface area is 107 Å². The van der Waals surface area contributed by atoms with Crippen molar-refractivity contribution < 1.29 is 4.39 Å². The summed E-state index contributed by atoms with van der Waals surface area (Å²) in [5, 5.41) is 12.1. The topological polar surface area (TPSA) is 39.1 Å². The van der Waals surface area contributed by atoms with Gasteiger partial charge < -0.3 is 10.2 Å². The Balaban J connectivity index is 2.15. The second-order valence-corrected chi connectivity index (χ2v) is 4.82. The van der Waals surface area contributed by atoms with Gasteiger partial charge in [0.15, 0.2) is 0 Å². The first-order chi connectivity index (χ1) is 8.72. The molecular weight excluding hydrogens is 229 g/mol. The van der Waals surface area contributed by atoms with Gasteiger partial charge in [-0.2, -0.15) is 5.26 Å². The number of hydrogen-bond donors (Lipinski definition) is 1. The highest BCUT2D eigenvalue weighted by Gasteiger charge is 2.20. The fourth-order valence-corrected chi connectivity index (χ4v) is 2.58. The molecule has 1 saturated heterocycles. The number of hydrogen-bond acceptors (Lipinski definition) is 3. The van der Waals surface area contributed by atoms with Crippen LogP contribution in [0.5, 0.6) is 0 Å². The van der Waals surface area contributed by atoms with Crippen LogP contribution in [0.1, 0.15) is 18.4 Å². The van der Waals surface area contributed by atoms with Crippen LogP contribution in [0.25, 0.3) is 0 Å². The quantitative estimate of drug-likeness (QED) is 0.889. The first-order valence-corrected chi connectivity index (χ1v) is 6.33. The maximum absolute atomic E-state index is 13.4. The van der Waals surface area contributed by atoms with Gasteiger partial charge >= 0.3 is 0 Å². The molecule has 96 valence electrons. The van der Waals surface area contributed by atoms with Crippen molar-refractivity contribution >= 4 is 5.69 Å². The smallest absolute Gasteiger partial charge is 0.126 e. The zero-order valence-electron chi connectivity index (χ0n) is 10.6. The molecule has 2 rings (SSSR count). The van der Waals surface area contributed by atoms with Crippen LogP contribution >= 0.6 is 0 Å². The molecule has 0 radical (unpaired) electrons. The number of nitrogens with zero attached hydrogens (tertiary/aromatic N) is 2. The second-order valence-electron chi connectivity index (χ2n) is 4.82. The van der Waals surface area contributed by atoms with E-state index in [1.165, 1.54) is 18.6 Å². The molecule has 0 aromatic heterocycles. The van der Waals surface area contributed by atoms with Crippen molar-refractivity contribution in [1.29, 1.82) is 5.26 Å². The van der Waals surface area contributed by atoms with E-state index in [9.17, 15) is 4.39 Å². The summed E-state index contributed by atoms with van der Waals surface area (Å²) in [7, 11) is 1.95. The van der Waals surface area contributed by atoms with E-state index in [0.29, 0.717) is 11.5 Å². The lowest BCUT2D eigenvalue weighted by Gasteiger charge is -2.34. The van der Waals surface area contributed by atoms with Gasteiger partial charge in [0.25, 0.3) is 0 Å². The third kappa shape index (κ3) is 2.99. The number of anilines is 1. The number of nitriles is 1. The minimum absolute atomic E-state index is 0.334. The third-order valence-electron chi connectivity index (χ3n) is 3.39. The van der Waals surface area contributed by atoms with Crippen LogP contribution in [0.3, 0.4) is 0 Å². The SMILES string of the molecule is CNCC1CCCN(c2cc(F)cc(C#N)c2)C1. The van der Waals surface area contributed by atoms with Crippen molar-refractivity contribution in [2.75, 3.05) is 31.6 Å². The largest absolute Gasteiger partial charge is 0.371 e.